The Morgan fingerprint density at radius 2 is 1.62 bits per heavy atom. The van der Waals surface area contributed by atoms with E-state index in [1.54, 1.807) is 0 Å². The van der Waals surface area contributed by atoms with Gasteiger partial charge < -0.3 is 10.1 Å². The third kappa shape index (κ3) is 4.38. The number of rotatable bonds is 5. The van der Waals surface area contributed by atoms with Crippen molar-refractivity contribution in [3.8, 4) is 5.75 Å². The molecule has 0 radical (unpaired) electrons. The maximum atomic E-state index is 12.2. The molecule has 3 heteroatoms. The highest BCUT2D eigenvalue weighted by molar-refractivity contribution is 5.78. The predicted octanol–water partition coefficient (Wildman–Crippen LogP) is 4.48. The lowest BCUT2D eigenvalue weighted by Gasteiger charge is -2.19. The summed E-state index contributed by atoms with van der Waals surface area (Å²) >= 11 is 0. The molecule has 0 aliphatic rings. The minimum Gasteiger partial charge on any atom is -0.483 e. The first-order valence-electron chi connectivity index (χ1n) is 8.35. The van der Waals surface area contributed by atoms with Gasteiger partial charge in [0.05, 0.1) is 6.04 Å². The van der Waals surface area contributed by atoms with Crippen molar-refractivity contribution in [2.24, 2.45) is 0 Å². The second kappa shape index (κ2) is 7.52. The van der Waals surface area contributed by atoms with Crippen LogP contribution in [0.1, 0.15) is 46.3 Å². The molecule has 1 N–H and O–H groups in total. The number of benzene rings is 2. The maximum Gasteiger partial charge on any atom is 0.258 e. The lowest BCUT2D eigenvalue weighted by molar-refractivity contribution is -0.123. The highest BCUT2D eigenvalue weighted by atomic mass is 16.5. The zero-order valence-corrected chi connectivity index (χ0v) is 15.5. The van der Waals surface area contributed by atoms with Gasteiger partial charge in [-0.1, -0.05) is 24.3 Å². The molecule has 2 aromatic carbocycles. The molecule has 1 atom stereocenters. The molecule has 24 heavy (non-hydrogen) atoms. The van der Waals surface area contributed by atoms with Gasteiger partial charge in [0, 0.05) is 0 Å². The van der Waals surface area contributed by atoms with Crippen LogP contribution in [0.15, 0.2) is 30.3 Å². The summed E-state index contributed by atoms with van der Waals surface area (Å²) in [7, 11) is 0. The van der Waals surface area contributed by atoms with E-state index >= 15 is 0 Å². The zero-order chi connectivity index (χ0) is 17.9. The molecule has 0 aliphatic heterocycles. The highest BCUT2D eigenvalue weighted by Gasteiger charge is 2.13. The van der Waals surface area contributed by atoms with Crippen LogP contribution < -0.4 is 10.1 Å². The van der Waals surface area contributed by atoms with E-state index in [0.717, 1.165) is 22.4 Å². The summed E-state index contributed by atoms with van der Waals surface area (Å²) in [5, 5.41) is 3.02. The average molecular weight is 325 g/mol. The molecule has 3 nitrogen and oxygen atoms in total. The van der Waals surface area contributed by atoms with E-state index in [4.69, 9.17) is 4.74 Å². The fraction of sp³-hybridized carbons (Fsp3) is 0.381. The summed E-state index contributed by atoms with van der Waals surface area (Å²) < 4.78 is 5.68. The van der Waals surface area contributed by atoms with Crippen LogP contribution in [0.5, 0.6) is 5.75 Å². The van der Waals surface area contributed by atoms with Gasteiger partial charge in [0.1, 0.15) is 5.75 Å². The summed E-state index contributed by atoms with van der Waals surface area (Å²) in [4.78, 5) is 12.2. The number of ether oxygens (including phenoxy) is 1. The van der Waals surface area contributed by atoms with Crippen molar-refractivity contribution in [1.29, 1.82) is 0 Å². The van der Waals surface area contributed by atoms with E-state index in [1.165, 1.54) is 16.7 Å². The molecule has 1 amide bonds. The van der Waals surface area contributed by atoms with Crippen molar-refractivity contribution < 1.29 is 9.53 Å². The molecule has 2 aromatic rings. The third-order valence-electron chi connectivity index (χ3n) is 4.43. The van der Waals surface area contributed by atoms with Crippen LogP contribution in [-0.4, -0.2) is 12.5 Å². The second-order valence-corrected chi connectivity index (χ2v) is 6.64. The van der Waals surface area contributed by atoms with E-state index < -0.39 is 0 Å². The summed E-state index contributed by atoms with van der Waals surface area (Å²) in [6.07, 6.45) is 0. The molecule has 0 saturated heterocycles. The van der Waals surface area contributed by atoms with Gasteiger partial charge in [0.2, 0.25) is 0 Å². The SMILES string of the molecule is Cc1ccc(C)c(OCC(=O)N[C@H](C)c2cc(C)c(C)cc2C)c1. The largest absolute Gasteiger partial charge is 0.483 e. The topological polar surface area (TPSA) is 38.3 Å². The summed E-state index contributed by atoms with van der Waals surface area (Å²) in [6, 6.07) is 10.3. The van der Waals surface area contributed by atoms with E-state index in [0.29, 0.717) is 0 Å². The van der Waals surface area contributed by atoms with Gasteiger partial charge in [0.15, 0.2) is 6.61 Å². The number of hydrogen-bond donors (Lipinski definition) is 1. The fourth-order valence-electron chi connectivity index (χ4n) is 2.82. The Morgan fingerprint density at radius 1 is 0.958 bits per heavy atom. The van der Waals surface area contributed by atoms with E-state index in [9.17, 15) is 4.79 Å². The molecule has 0 spiro atoms. The van der Waals surface area contributed by atoms with Gasteiger partial charge in [-0.05, 0) is 81.0 Å². The van der Waals surface area contributed by atoms with Crippen molar-refractivity contribution >= 4 is 5.91 Å². The minimum absolute atomic E-state index is 0.0263. The molecule has 0 aromatic heterocycles. The number of aryl methyl sites for hydroxylation is 5. The summed E-state index contributed by atoms with van der Waals surface area (Å²) in [5.74, 6) is 0.654. The quantitative estimate of drug-likeness (QED) is 0.880. The Hall–Kier alpha value is -2.29. The molecule has 0 saturated carbocycles. The van der Waals surface area contributed by atoms with E-state index in [-0.39, 0.29) is 18.6 Å². The Bertz CT molecular complexity index is 750. The lowest BCUT2D eigenvalue weighted by Crippen LogP contribution is -2.31. The normalized spacial score (nSPS) is 11.9. The van der Waals surface area contributed by atoms with Crippen LogP contribution >= 0.6 is 0 Å². The van der Waals surface area contributed by atoms with Crippen LogP contribution in [-0.2, 0) is 4.79 Å². The predicted molar refractivity (Wildman–Crippen MR) is 98.6 cm³/mol. The van der Waals surface area contributed by atoms with Crippen molar-refractivity contribution in [2.45, 2.75) is 47.6 Å². The van der Waals surface area contributed by atoms with Crippen molar-refractivity contribution in [2.75, 3.05) is 6.61 Å². The van der Waals surface area contributed by atoms with Gasteiger partial charge in [-0.2, -0.15) is 0 Å². The average Bonchev–Trinajstić information content (AvgIpc) is 2.51. The van der Waals surface area contributed by atoms with Crippen LogP contribution in [0.4, 0.5) is 0 Å². The second-order valence-electron chi connectivity index (χ2n) is 6.64. The van der Waals surface area contributed by atoms with Gasteiger partial charge in [0.25, 0.3) is 5.91 Å². The maximum absolute atomic E-state index is 12.2. The Balaban J connectivity index is 1.99. The van der Waals surface area contributed by atoms with Gasteiger partial charge in [-0.25, -0.2) is 0 Å². The number of carbonyl (C=O) groups excluding carboxylic acids is 1. The third-order valence-corrected chi connectivity index (χ3v) is 4.43. The van der Waals surface area contributed by atoms with Gasteiger partial charge in [-0.3, -0.25) is 4.79 Å². The standard InChI is InChI=1S/C21H27NO2/c1-13-7-8-14(2)20(9-13)24-12-21(23)22-18(6)19-11-16(4)15(3)10-17(19)5/h7-11,18H,12H2,1-6H3,(H,22,23)/t18-/m1/s1. The molecule has 128 valence electrons. The molecule has 2 rings (SSSR count). The molecular formula is C21H27NO2. The van der Waals surface area contributed by atoms with E-state index in [1.807, 2.05) is 39.0 Å². The number of amides is 1. The zero-order valence-electron chi connectivity index (χ0n) is 15.5. The van der Waals surface area contributed by atoms with Crippen LogP contribution in [0.25, 0.3) is 0 Å². The molecular weight excluding hydrogens is 298 g/mol. The smallest absolute Gasteiger partial charge is 0.258 e. The number of carbonyl (C=O) groups is 1. The summed E-state index contributed by atoms with van der Waals surface area (Å²) in [6.45, 7) is 12.3. The first kappa shape index (κ1) is 18.1. The van der Waals surface area contributed by atoms with E-state index in [2.05, 4.69) is 38.2 Å². The molecule has 0 unspecified atom stereocenters. The van der Waals surface area contributed by atoms with Crippen molar-refractivity contribution in [1.82, 2.24) is 5.32 Å². The Morgan fingerprint density at radius 3 is 2.33 bits per heavy atom. The number of hydrogen-bond acceptors (Lipinski definition) is 2. The van der Waals surface area contributed by atoms with Crippen molar-refractivity contribution in [3.63, 3.8) is 0 Å². The van der Waals surface area contributed by atoms with Gasteiger partial charge in [-0.15, -0.1) is 0 Å². The van der Waals surface area contributed by atoms with Crippen LogP contribution in [0, 0.1) is 34.6 Å². The monoisotopic (exact) mass is 325 g/mol. The van der Waals surface area contributed by atoms with Crippen molar-refractivity contribution in [3.05, 3.63) is 63.7 Å². The molecule has 0 bridgehead atoms. The number of nitrogens with one attached hydrogen (secondary N) is 1. The lowest BCUT2D eigenvalue weighted by atomic mass is 9.96. The minimum atomic E-state index is -0.110. The highest BCUT2D eigenvalue weighted by Crippen LogP contribution is 2.22. The first-order valence-corrected chi connectivity index (χ1v) is 8.35. The van der Waals surface area contributed by atoms with Crippen LogP contribution in [0.2, 0.25) is 0 Å². The molecule has 0 fully saturated rings. The summed E-state index contributed by atoms with van der Waals surface area (Å²) in [5.41, 5.74) is 7.01. The van der Waals surface area contributed by atoms with Gasteiger partial charge >= 0.3 is 0 Å². The molecule has 0 heterocycles. The Kier molecular flexibility index (Phi) is 5.66. The molecule has 0 aliphatic carbocycles. The Labute approximate surface area is 145 Å². The van der Waals surface area contributed by atoms with Crippen LogP contribution in [0.3, 0.4) is 0 Å². The fourth-order valence-corrected chi connectivity index (χ4v) is 2.82. The first-order chi connectivity index (χ1) is 11.3.